The van der Waals surface area contributed by atoms with Gasteiger partial charge in [-0.15, -0.1) is 0 Å². The summed E-state index contributed by atoms with van der Waals surface area (Å²) in [6.07, 6.45) is 1.89. The van der Waals surface area contributed by atoms with Crippen LogP contribution in [0.1, 0.15) is 32.3 Å². The van der Waals surface area contributed by atoms with E-state index < -0.39 is 10.5 Å². The predicted molar refractivity (Wildman–Crippen MR) is 77.8 cm³/mol. The SMILES string of the molecule is CC(C)(O)C1CCCN1C(=O)Cc1ccc([N+](=O)[O-])cc1. The van der Waals surface area contributed by atoms with Gasteiger partial charge in [0.1, 0.15) is 0 Å². The number of nitro groups is 1. The molecule has 1 aromatic carbocycles. The molecular weight excluding hydrogens is 272 g/mol. The molecule has 1 amide bonds. The predicted octanol–water partition coefficient (Wildman–Crippen LogP) is 1.90. The molecule has 1 unspecified atom stereocenters. The Morgan fingerprint density at radius 1 is 1.43 bits per heavy atom. The lowest BCUT2D eigenvalue weighted by molar-refractivity contribution is -0.384. The summed E-state index contributed by atoms with van der Waals surface area (Å²) in [7, 11) is 0. The maximum atomic E-state index is 12.4. The molecule has 0 bridgehead atoms. The molecular formula is C15H20N2O4. The molecule has 1 heterocycles. The number of carbonyl (C=O) groups is 1. The van der Waals surface area contributed by atoms with Crippen molar-refractivity contribution >= 4 is 11.6 Å². The molecule has 2 rings (SSSR count). The second kappa shape index (κ2) is 5.81. The zero-order chi connectivity index (χ0) is 15.6. The molecule has 1 fully saturated rings. The number of nitro benzene ring substituents is 1. The van der Waals surface area contributed by atoms with Crippen LogP contribution in [-0.4, -0.2) is 39.0 Å². The Bertz CT molecular complexity index is 534. The van der Waals surface area contributed by atoms with Crippen LogP contribution in [0.2, 0.25) is 0 Å². The summed E-state index contributed by atoms with van der Waals surface area (Å²) in [5, 5.41) is 20.7. The summed E-state index contributed by atoms with van der Waals surface area (Å²) < 4.78 is 0. The fourth-order valence-corrected chi connectivity index (χ4v) is 2.81. The van der Waals surface area contributed by atoms with Crippen LogP contribution in [0.4, 0.5) is 5.69 Å². The van der Waals surface area contributed by atoms with E-state index in [9.17, 15) is 20.0 Å². The number of aliphatic hydroxyl groups is 1. The molecule has 1 aromatic rings. The number of carbonyl (C=O) groups excluding carboxylic acids is 1. The molecule has 6 heteroatoms. The molecule has 0 aliphatic carbocycles. The minimum Gasteiger partial charge on any atom is -0.388 e. The third-order valence-corrected chi connectivity index (χ3v) is 3.89. The smallest absolute Gasteiger partial charge is 0.269 e. The molecule has 1 N–H and O–H groups in total. The van der Waals surface area contributed by atoms with E-state index in [1.54, 1.807) is 30.9 Å². The highest BCUT2D eigenvalue weighted by atomic mass is 16.6. The largest absolute Gasteiger partial charge is 0.388 e. The van der Waals surface area contributed by atoms with Crippen LogP contribution in [0, 0.1) is 10.1 Å². The van der Waals surface area contributed by atoms with Crippen molar-refractivity contribution in [2.75, 3.05) is 6.54 Å². The highest BCUT2D eigenvalue weighted by molar-refractivity contribution is 5.79. The van der Waals surface area contributed by atoms with Crippen molar-refractivity contribution in [2.24, 2.45) is 0 Å². The molecule has 1 aliphatic heterocycles. The summed E-state index contributed by atoms with van der Waals surface area (Å²) in [5.74, 6) is -0.0477. The molecule has 114 valence electrons. The number of likely N-dealkylation sites (tertiary alicyclic amines) is 1. The van der Waals surface area contributed by atoms with Gasteiger partial charge in [-0.3, -0.25) is 14.9 Å². The van der Waals surface area contributed by atoms with E-state index in [1.807, 2.05) is 0 Å². The van der Waals surface area contributed by atoms with Crippen molar-refractivity contribution in [1.29, 1.82) is 0 Å². The molecule has 6 nitrogen and oxygen atoms in total. The molecule has 0 radical (unpaired) electrons. The number of non-ortho nitro benzene ring substituents is 1. The van der Waals surface area contributed by atoms with Crippen LogP contribution in [0.5, 0.6) is 0 Å². The average Bonchev–Trinajstić information content (AvgIpc) is 2.88. The molecule has 1 saturated heterocycles. The Morgan fingerprint density at radius 3 is 2.57 bits per heavy atom. The summed E-state index contributed by atoms with van der Waals surface area (Å²) >= 11 is 0. The van der Waals surface area contributed by atoms with Gasteiger partial charge in [-0.1, -0.05) is 12.1 Å². The van der Waals surface area contributed by atoms with E-state index in [0.717, 1.165) is 18.4 Å². The van der Waals surface area contributed by atoms with Crippen LogP contribution in [0.25, 0.3) is 0 Å². The quantitative estimate of drug-likeness (QED) is 0.678. The minimum atomic E-state index is -0.915. The maximum absolute atomic E-state index is 12.4. The Hall–Kier alpha value is -1.95. The molecule has 0 spiro atoms. The van der Waals surface area contributed by atoms with Gasteiger partial charge in [-0.05, 0) is 32.3 Å². The van der Waals surface area contributed by atoms with Crippen molar-refractivity contribution in [2.45, 2.75) is 44.8 Å². The highest BCUT2D eigenvalue weighted by Crippen LogP contribution is 2.27. The van der Waals surface area contributed by atoms with Crippen LogP contribution in [0.15, 0.2) is 24.3 Å². The number of rotatable bonds is 4. The zero-order valence-corrected chi connectivity index (χ0v) is 12.3. The van der Waals surface area contributed by atoms with Crippen molar-refractivity contribution in [3.05, 3.63) is 39.9 Å². The summed E-state index contributed by atoms with van der Waals surface area (Å²) in [6, 6.07) is 5.85. The van der Waals surface area contributed by atoms with E-state index in [-0.39, 0.29) is 24.1 Å². The van der Waals surface area contributed by atoms with Crippen LogP contribution < -0.4 is 0 Å². The Kier molecular flexibility index (Phi) is 4.27. The third kappa shape index (κ3) is 3.58. The number of amides is 1. The van der Waals surface area contributed by atoms with Gasteiger partial charge < -0.3 is 10.0 Å². The first kappa shape index (κ1) is 15.4. The van der Waals surface area contributed by atoms with Gasteiger partial charge in [0, 0.05) is 18.7 Å². The van der Waals surface area contributed by atoms with Crippen molar-refractivity contribution in [3.63, 3.8) is 0 Å². The van der Waals surface area contributed by atoms with Crippen LogP contribution >= 0.6 is 0 Å². The van der Waals surface area contributed by atoms with Gasteiger partial charge in [0.15, 0.2) is 0 Å². The fourth-order valence-electron chi connectivity index (χ4n) is 2.81. The lowest BCUT2D eigenvalue weighted by Crippen LogP contribution is -2.48. The molecule has 1 aliphatic rings. The van der Waals surface area contributed by atoms with Gasteiger partial charge in [0.05, 0.1) is 23.0 Å². The van der Waals surface area contributed by atoms with Crippen molar-refractivity contribution < 1.29 is 14.8 Å². The normalized spacial score (nSPS) is 18.8. The average molecular weight is 292 g/mol. The first-order valence-electron chi connectivity index (χ1n) is 7.04. The van der Waals surface area contributed by atoms with Crippen molar-refractivity contribution in [1.82, 2.24) is 4.90 Å². The maximum Gasteiger partial charge on any atom is 0.269 e. The number of hydrogen-bond acceptors (Lipinski definition) is 4. The topological polar surface area (TPSA) is 83.7 Å². The lowest BCUT2D eigenvalue weighted by Gasteiger charge is -2.33. The van der Waals surface area contributed by atoms with Gasteiger partial charge in [-0.2, -0.15) is 0 Å². The molecule has 0 saturated carbocycles. The monoisotopic (exact) mass is 292 g/mol. The van der Waals surface area contributed by atoms with Crippen LogP contribution in [0.3, 0.4) is 0 Å². The zero-order valence-electron chi connectivity index (χ0n) is 12.3. The highest BCUT2D eigenvalue weighted by Gasteiger charge is 2.38. The second-order valence-corrected chi connectivity index (χ2v) is 6.00. The van der Waals surface area contributed by atoms with Gasteiger partial charge in [0.25, 0.3) is 5.69 Å². The van der Waals surface area contributed by atoms with Gasteiger partial charge in [0.2, 0.25) is 5.91 Å². The van der Waals surface area contributed by atoms with Crippen LogP contribution in [-0.2, 0) is 11.2 Å². The Morgan fingerprint density at radius 2 is 2.05 bits per heavy atom. The van der Waals surface area contributed by atoms with E-state index in [0.29, 0.717) is 6.54 Å². The number of nitrogens with zero attached hydrogens (tertiary/aromatic N) is 2. The second-order valence-electron chi connectivity index (χ2n) is 6.00. The van der Waals surface area contributed by atoms with Crippen molar-refractivity contribution in [3.8, 4) is 0 Å². The van der Waals surface area contributed by atoms with E-state index >= 15 is 0 Å². The number of benzene rings is 1. The fraction of sp³-hybridized carbons (Fsp3) is 0.533. The first-order valence-corrected chi connectivity index (χ1v) is 7.04. The molecule has 0 aromatic heterocycles. The van der Waals surface area contributed by atoms with Gasteiger partial charge >= 0.3 is 0 Å². The van der Waals surface area contributed by atoms with E-state index in [4.69, 9.17) is 0 Å². The van der Waals surface area contributed by atoms with E-state index in [1.165, 1.54) is 12.1 Å². The third-order valence-electron chi connectivity index (χ3n) is 3.89. The van der Waals surface area contributed by atoms with E-state index in [2.05, 4.69) is 0 Å². The summed E-state index contributed by atoms with van der Waals surface area (Å²) in [5.41, 5.74) is -0.157. The number of hydrogen-bond donors (Lipinski definition) is 1. The minimum absolute atomic E-state index is 0.0155. The Balaban J connectivity index is 2.05. The summed E-state index contributed by atoms with van der Waals surface area (Å²) in [4.78, 5) is 24.2. The molecule has 1 atom stereocenters. The standard InChI is InChI=1S/C15H20N2O4/c1-15(2,19)13-4-3-9-16(13)14(18)10-11-5-7-12(8-6-11)17(20)21/h5-8,13,19H,3-4,9-10H2,1-2H3. The molecule has 21 heavy (non-hydrogen) atoms. The van der Waals surface area contributed by atoms with Gasteiger partial charge in [-0.25, -0.2) is 0 Å². The Labute approximate surface area is 123 Å². The first-order chi connectivity index (χ1) is 9.79. The lowest BCUT2D eigenvalue weighted by atomic mass is 9.96. The summed E-state index contributed by atoms with van der Waals surface area (Å²) in [6.45, 7) is 4.09.